The number of hydrogen-bond donors (Lipinski definition) is 3. The average molecular weight is 336 g/mol. The molecule has 2 saturated carbocycles. The van der Waals surface area contributed by atoms with Crippen molar-refractivity contribution >= 4 is 11.9 Å². The highest BCUT2D eigenvalue weighted by Gasteiger charge is 2.25. The van der Waals surface area contributed by atoms with Crippen LogP contribution < -0.4 is 16.0 Å². The fraction of sp³-hybridized carbons (Fsp3) is 0.889. The van der Waals surface area contributed by atoms with Crippen molar-refractivity contribution in [2.75, 3.05) is 26.2 Å². The lowest BCUT2D eigenvalue weighted by atomic mass is 9.96. The van der Waals surface area contributed by atoms with E-state index in [1.807, 2.05) is 0 Å². The van der Waals surface area contributed by atoms with Crippen molar-refractivity contribution in [2.24, 2.45) is 5.92 Å². The van der Waals surface area contributed by atoms with E-state index in [1.54, 1.807) is 0 Å². The van der Waals surface area contributed by atoms with Crippen LogP contribution in [0.1, 0.15) is 57.8 Å². The highest BCUT2D eigenvalue weighted by molar-refractivity contribution is 5.95. The molecular formula is C18H32N4O2. The summed E-state index contributed by atoms with van der Waals surface area (Å²) in [5.74, 6) is 0.726. The quantitative estimate of drug-likeness (QED) is 0.689. The third kappa shape index (κ3) is 6.06. The molecule has 0 aromatic rings. The molecule has 0 spiro atoms. The molecule has 0 unspecified atom stereocenters. The minimum Gasteiger partial charge on any atom is -0.335 e. The molecule has 3 aliphatic rings. The minimum atomic E-state index is -0.326. The topological polar surface area (TPSA) is 73.5 Å². The molecule has 0 aromatic heterocycles. The van der Waals surface area contributed by atoms with Crippen LogP contribution in [0.4, 0.5) is 4.79 Å². The van der Waals surface area contributed by atoms with Crippen LogP contribution in [0, 0.1) is 5.92 Å². The summed E-state index contributed by atoms with van der Waals surface area (Å²) in [6.07, 6.45) is 10.6. The van der Waals surface area contributed by atoms with Gasteiger partial charge in [0.25, 0.3) is 0 Å². The molecule has 3 rings (SSSR count). The highest BCUT2D eigenvalue weighted by Crippen LogP contribution is 2.28. The Morgan fingerprint density at radius 1 is 0.875 bits per heavy atom. The van der Waals surface area contributed by atoms with Crippen LogP contribution in [0.15, 0.2) is 0 Å². The number of nitrogens with one attached hydrogen (secondary N) is 3. The van der Waals surface area contributed by atoms with Gasteiger partial charge in [-0.3, -0.25) is 15.0 Å². The van der Waals surface area contributed by atoms with Gasteiger partial charge >= 0.3 is 6.03 Å². The predicted molar refractivity (Wildman–Crippen MR) is 93.7 cm³/mol. The van der Waals surface area contributed by atoms with Crippen molar-refractivity contribution in [3.63, 3.8) is 0 Å². The lowest BCUT2D eigenvalue weighted by Crippen LogP contribution is -2.50. The van der Waals surface area contributed by atoms with Gasteiger partial charge in [0.1, 0.15) is 0 Å². The molecular weight excluding hydrogens is 304 g/mol. The lowest BCUT2D eigenvalue weighted by Gasteiger charge is -2.32. The minimum absolute atomic E-state index is 0.187. The zero-order valence-electron chi connectivity index (χ0n) is 14.7. The smallest absolute Gasteiger partial charge is 0.321 e. The van der Waals surface area contributed by atoms with Crippen LogP contribution in [-0.4, -0.2) is 55.1 Å². The molecule has 1 heterocycles. The van der Waals surface area contributed by atoms with E-state index in [1.165, 1.54) is 32.1 Å². The highest BCUT2D eigenvalue weighted by atomic mass is 16.2. The molecule has 3 fully saturated rings. The van der Waals surface area contributed by atoms with Crippen molar-refractivity contribution in [3.8, 4) is 0 Å². The van der Waals surface area contributed by atoms with Gasteiger partial charge in [0.15, 0.2) is 0 Å². The van der Waals surface area contributed by atoms with Gasteiger partial charge in [0.05, 0.1) is 6.54 Å². The number of carbonyl (C=O) groups is 2. The number of carbonyl (C=O) groups excluding carboxylic acids is 2. The molecule has 1 aliphatic heterocycles. The zero-order chi connectivity index (χ0) is 16.8. The molecule has 24 heavy (non-hydrogen) atoms. The fourth-order valence-electron chi connectivity index (χ4n) is 3.79. The predicted octanol–water partition coefficient (Wildman–Crippen LogP) is 1.61. The van der Waals surface area contributed by atoms with E-state index in [-0.39, 0.29) is 18.0 Å². The molecule has 6 heteroatoms. The zero-order valence-corrected chi connectivity index (χ0v) is 14.7. The molecule has 3 N–H and O–H groups in total. The van der Waals surface area contributed by atoms with Crippen molar-refractivity contribution in [3.05, 3.63) is 0 Å². The molecule has 1 saturated heterocycles. The number of nitrogens with zero attached hydrogens (tertiary/aromatic N) is 1. The Labute approximate surface area is 145 Å². The molecule has 0 atom stereocenters. The second-order valence-electron chi connectivity index (χ2n) is 7.76. The van der Waals surface area contributed by atoms with Crippen LogP contribution in [0.5, 0.6) is 0 Å². The number of urea groups is 1. The van der Waals surface area contributed by atoms with Gasteiger partial charge < -0.3 is 10.6 Å². The Kier molecular flexibility index (Phi) is 6.49. The summed E-state index contributed by atoms with van der Waals surface area (Å²) in [4.78, 5) is 26.1. The SMILES string of the molecule is O=C(CN1CCC(NCC2CC2)CC1)NC(=O)NC1CCCCC1. The summed E-state index contributed by atoms with van der Waals surface area (Å²) in [5.41, 5.74) is 0. The van der Waals surface area contributed by atoms with Crippen molar-refractivity contribution < 1.29 is 9.59 Å². The first-order chi connectivity index (χ1) is 11.7. The van der Waals surface area contributed by atoms with Crippen LogP contribution in [0.2, 0.25) is 0 Å². The molecule has 0 bridgehead atoms. The number of rotatable bonds is 6. The molecule has 0 radical (unpaired) electrons. The first-order valence-corrected chi connectivity index (χ1v) is 9.75. The van der Waals surface area contributed by atoms with E-state index in [0.29, 0.717) is 12.6 Å². The maximum atomic E-state index is 12.0. The van der Waals surface area contributed by atoms with Crippen LogP contribution in [0.3, 0.4) is 0 Å². The largest absolute Gasteiger partial charge is 0.335 e. The Bertz CT molecular complexity index is 425. The Morgan fingerprint density at radius 2 is 1.58 bits per heavy atom. The van der Waals surface area contributed by atoms with Gasteiger partial charge in [-0.2, -0.15) is 0 Å². The first kappa shape index (κ1) is 17.7. The van der Waals surface area contributed by atoms with Gasteiger partial charge in [0, 0.05) is 25.2 Å². The van der Waals surface area contributed by atoms with E-state index in [2.05, 4.69) is 20.9 Å². The molecule has 3 amide bonds. The lowest BCUT2D eigenvalue weighted by molar-refractivity contribution is -0.121. The third-order valence-corrected chi connectivity index (χ3v) is 5.54. The summed E-state index contributed by atoms with van der Waals surface area (Å²) >= 11 is 0. The summed E-state index contributed by atoms with van der Waals surface area (Å²) in [6.45, 7) is 3.35. The second-order valence-corrected chi connectivity index (χ2v) is 7.76. The maximum Gasteiger partial charge on any atom is 0.321 e. The fourth-order valence-corrected chi connectivity index (χ4v) is 3.79. The van der Waals surface area contributed by atoms with Crippen molar-refractivity contribution in [1.29, 1.82) is 0 Å². The van der Waals surface area contributed by atoms with Gasteiger partial charge in [0.2, 0.25) is 5.91 Å². The van der Waals surface area contributed by atoms with E-state index in [4.69, 9.17) is 0 Å². The number of amides is 3. The Morgan fingerprint density at radius 3 is 2.25 bits per heavy atom. The first-order valence-electron chi connectivity index (χ1n) is 9.75. The number of imide groups is 1. The molecule has 136 valence electrons. The summed E-state index contributed by atoms with van der Waals surface area (Å²) in [7, 11) is 0. The third-order valence-electron chi connectivity index (χ3n) is 5.54. The van der Waals surface area contributed by atoms with E-state index >= 15 is 0 Å². The van der Waals surface area contributed by atoms with Gasteiger partial charge in [-0.15, -0.1) is 0 Å². The van der Waals surface area contributed by atoms with Gasteiger partial charge in [-0.05, 0) is 51.0 Å². The summed E-state index contributed by atoms with van der Waals surface area (Å²) < 4.78 is 0. The van der Waals surface area contributed by atoms with E-state index in [9.17, 15) is 9.59 Å². The molecule has 2 aliphatic carbocycles. The maximum absolute atomic E-state index is 12.0. The molecule has 0 aromatic carbocycles. The van der Waals surface area contributed by atoms with Crippen molar-refractivity contribution in [1.82, 2.24) is 20.9 Å². The Hall–Kier alpha value is -1.14. The Balaban J connectivity index is 1.28. The summed E-state index contributed by atoms with van der Waals surface area (Å²) in [6, 6.07) is 0.507. The van der Waals surface area contributed by atoms with Crippen molar-refractivity contribution in [2.45, 2.75) is 69.9 Å². The van der Waals surface area contributed by atoms with E-state index < -0.39 is 0 Å². The number of likely N-dealkylation sites (tertiary alicyclic amines) is 1. The summed E-state index contributed by atoms with van der Waals surface area (Å²) in [5, 5.41) is 9.06. The normalized spacial score (nSPS) is 23.8. The van der Waals surface area contributed by atoms with Crippen LogP contribution >= 0.6 is 0 Å². The van der Waals surface area contributed by atoms with Crippen LogP contribution in [0.25, 0.3) is 0 Å². The van der Waals surface area contributed by atoms with Gasteiger partial charge in [-0.1, -0.05) is 19.3 Å². The number of hydrogen-bond acceptors (Lipinski definition) is 4. The monoisotopic (exact) mass is 336 g/mol. The van der Waals surface area contributed by atoms with Gasteiger partial charge in [-0.25, -0.2) is 4.79 Å². The second kappa shape index (κ2) is 8.81. The standard InChI is InChI=1S/C18H32N4O2/c23-17(21-18(24)20-16-4-2-1-3-5-16)13-22-10-8-15(9-11-22)19-12-14-6-7-14/h14-16,19H,1-13H2,(H2,20,21,23,24). The number of piperidine rings is 1. The van der Waals surface area contributed by atoms with Crippen LogP contribution in [-0.2, 0) is 4.79 Å². The average Bonchev–Trinajstić information content (AvgIpc) is 3.39. The molecule has 6 nitrogen and oxygen atoms in total. The van der Waals surface area contributed by atoms with E-state index in [0.717, 1.165) is 51.2 Å².